The highest BCUT2D eigenvalue weighted by Crippen LogP contribution is 2.18. The lowest BCUT2D eigenvalue weighted by Gasteiger charge is -2.19. The highest BCUT2D eigenvalue weighted by Gasteiger charge is 2.20. The summed E-state index contributed by atoms with van der Waals surface area (Å²) < 4.78 is 3.46. The Morgan fingerprint density at radius 2 is 1.96 bits per heavy atom. The monoisotopic (exact) mass is 337 g/mol. The highest BCUT2D eigenvalue weighted by molar-refractivity contribution is 5.93. The van der Waals surface area contributed by atoms with E-state index in [1.807, 2.05) is 53.3 Å². The van der Waals surface area contributed by atoms with E-state index in [1.165, 1.54) is 0 Å². The highest BCUT2D eigenvalue weighted by atomic mass is 16.2. The number of carbonyl (C=O) groups is 1. The molecule has 0 aliphatic heterocycles. The van der Waals surface area contributed by atoms with E-state index in [1.54, 1.807) is 17.9 Å². The van der Waals surface area contributed by atoms with Crippen molar-refractivity contribution in [2.75, 3.05) is 0 Å². The van der Waals surface area contributed by atoms with Crippen LogP contribution < -0.4 is 5.32 Å². The van der Waals surface area contributed by atoms with Crippen molar-refractivity contribution in [2.24, 2.45) is 7.05 Å². The number of hydrogen-bond acceptors (Lipinski definition) is 3. The number of benzene rings is 1. The van der Waals surface area contributed by atoms with E-state index >= 15 is 0 Å². The minimum Gasteiger partial charge on any atom is -0.342 e. The molecule has 1 aromatic carbocycles. The molecule has 0 fully saturated rings. The molecule has 25 heavy (non-hydrogen) atoms. The zero-order valence-electron chi connectivity index (χ0n) is 14.8. The van der Waals surface area contributed by atoms with Gasteiger partial charge in [-0.3, -0.25) is 14.2 Å². The summed E-state index contributed by atoms with van der Waals surface area (Å²) in [6, 6.07) is 13.5. The van der Waals surface area contributed by atoms with Crippen molar-refractivity contribution < 1.29 is 4.79 Å². The van der Waals surface area contributed by atoms with Crippen LogP contribution in [0.2, 0.25) is 0 Å². The molecule has 0 saturated heterocycles. The quantitative estimate of drug-likeness (QED) is 0.752. The van der Waals surface area contributed by atoms with Crippen molar-refractivity contribution in [2.45, 2.75) is 32.4 Å². The third kappa shape index (κ3) is 3.96. The van der Waals surface area contributed by atoms with Crippen LogP contribution in [0.15, 0.2) is 54.9 Å². The molecule has 0 bridgehead atoms. The molecule has 0 spiro atoms. The number of hydrogen-bond donors (Lipinski definition) is 1. The topological polar surface area (TPSA) is 64.7 Å². The number of aromatic nitrogens is 4. The van der Waals surface area contributed by atoms with Crippen LogP contribution in [-0.4, -0.2) is 25.5 Å². The lowest BCUT2D eigenvalue weighted by molar-refractivity contribution is 0.0922. The summed E-state index contributed by atoms with van der Waals surface area (Å²) in [5.74, 6) is 0.143. The Hall–Kier alpha value is -2.89. The maximum Gasteiger partial charge on any atom is 0.270 e. The predicted octanol–water partition coefficient (Wildman–Crippen LogP) is 2.91. The van der Waals surface area contributed by atoms with Crippen molar-refractivity contribution in [1.82, 2.24) is 24.9 Å². The molecule has 1 N–H and O–H groups in total. The average molecular weight is 337 g/mol. The summed E-state index contributed by atoms with van der Waals surface area (Å²) >= 11 is 0. The van der Waals surface area contributed by atoms with Gasteiger partial charge < -0.3 is 5.32 Å². The van der Waals surface area contributed by atoms with Gasteiger partial charge in [-0.15, -0.1) is 0 Å². The average Bonchev–Trinajstić information content (AvgIpc) is 3.24. The number of nitrogens with one attached hydrogen (secondary N) is 1. The van der Waals surface area contributed by atoms with Gasteiger partial charge in [-0.1, -0.05) is 44.2 Å². The van der Waals surface area contributed by atoms with Crippen LogP contribution >= 0.6 is 0 Å². The third-order valence-electron chi connectivity index (χ3n) is 4.16. The first-order valence-corrected chi connectivity index (χ1v) is 8.41. The fourth-order valence-corrected chi connectivity index (χ4v) is 2.73. The number of nitrogens with zero attached hydrogens (tertiary/aromatic N) is 4. The number of aryl methyl sites for hydroxylation is 1. The van der Waals surface area contributed by atoms with Gasteiger partial charge in [0, 0.05) is 19.4 Å². The maximum absolute atomic E-state index is 12.8. The van der Waals surface area contributed by atoms with Gasteiger partial charge in [0.05, 0.1) is 18.3 Å². The zero-order chi connectivity index (χ0) is 17.8. The van der Waals surface area contributed by atoms with E-state index in [0.717, 1.165) is 11.3 Å². The van der Waals surface area contributed by atoms with Crippen molar-refractivity contribution >= 4 is 5.91 Å². The van der Waals surface area contributed by atoms with Crippen molar-refractivity contribution in [1.29, 1.82) is 0 Å². The van der Waals surface area contributed by atoms with Crippen molar-refractivity contribution in [3.05, 3.63) is 71.8 Å². The molecule has 0 aliphatic rings. The summed E-state index contributed by atoms with van der Waals surface area (Å²) in [7, 11) is 1.80. The van der Waals surface area contributed by atoms with E-state index in [4.69, 9.17) is 0 Å². The van der Waals surface area contributed by atoms with Gasteiger partial charge in [-0.05, 0) is 23.6 Å². The Balaban J connectivity index is 1.83. The first kappa shape index (κ1) is 17.0. The molecule has 0 aliphatic carbocycles. The van der Waals surface area contributed by atoms with E-state index in [0.29, 0.717) is 12.2 Å². The minimum absolute atomic E-state index is 0.136. The summed E-state index contributed by atoms with van der Waals surface area (Å²) in [4.78, 5) is 12.8. The van der Waals surface area contributed by atoms with Gasteiger partial charge in [0.2, 0.25) is 0 Å². The molecular formula is C19H23N5O. The van der Waals surface area contributed by atoms with Crippen LogP contribution in [-0.2, 0) is 13.6 Å². The van der Waals surface area contributed by atoms with Gasteiger partial charge in [0.15, 0.2) is 0 Å². The second-order valence-electron chi connectivity index (χ2n) is 6.40. The van der Waals surface area contributed by atoms with Crippen LogP contribution in [0, 0.1) is 0 Å². The van der Waals surface area contributed by atoms with Gasteiger partial charge >= 0.3 is 0 Å². The normalized spacial score (nSPS) is 12.3. The minimum atomic E-state index is -0.175. The van der Waals surface area contributed by atoms with E-state index in [9.17, 15) is 4.79 Å². The zero-order valence-corrected chi connectivity index (χ0v) is 14.8. The lowest BCUT2D eigenvalue weighted by atomic mass is 10.1. The van der Waals surface area contributed by atoms with Crippen molar-refractivity contribution in [3.63, 3.8) is 0 Å². The Morgan fingerprint density at radius 3 is 2.56 bits per heavy atom. The first-order valence-electron chi connectivity index (χ1n) is 8.41. The molecule has 130 valence electrons. The molecule has 6 nitrogen and oxygen atoms in total. The lowest BCUT2D eigenvalue weighted by Crippen LogP contribution is -2.32. The molecule has 0 saturated carbocycles. The van der Waals surface area contributed by atoms with Crippen molar-refractivity contribution in [3.8, 4) is 0 Å². The molecule has 1 atom stereocenters. The summed E-state index contributed by atoms with van der Waals surface area (Å²) in [6.45, 7) is 4.70. The summed E-state index contributed by atoms with van der Waals surface area (Å²) in [5, 5.41) is 11.8. The van der Waals surface area contributed by atoms with Gasteiger partial charge in [-0.2, -0.15) is 10.2 Å². The summed E-state index contributed by atoms with van der Waals surface area (Å²) in [6.07, 6.45) is 3.63. The second-order valence-corrected chi connectivity index (χ2v) is 6.40. The maximum atomic E-state index is 12.8. The van der Waals surface area contributed by atoms with Gasteiger partial charge in [0.1, 0.15) is 5.69 Å². The number of rotatable bonds is 6. The third-order valence-corrected chi connectivity index (χ3v) is 4.16. The number of amides is 1. The second kappa shape index (κ2) is 7.34. The Bertz CT molecular complexity index is 821. The van der Waals surface area contributed by atoms with E-state index < -0.39 is 0 Å². The van der Waals surface area contributed by atoms with Crippen LogP contribution in [0.5, 0.6) is 0 Å². The Labute approximate surface area is 147 Å². The van der Waals surface area contributed by atoms with Gasteiger partial charge in [-0.25, -0.2) is 0 Å². The molecule has 0 unspecified atom stereocenters. The summed E-state index contributed by atoms with van der Waals surface area (Å²) in [5.41, 5.74) is 2.51. The molecule has 6 heteroatoms. The van der Waals surface area contributed by atoms with E-state index in [2.05, 4.69) is 29.4 Å². The fraction of sp³-hybridized carbons (Fsp3) is 0.316. The molecule has 3 aromatic rings. The Kier molecular flexibility index (Phi) is 4.97. The fourth-order valence-electron chi connectivity index (χ4n) is 2.73. The molecular weight excluding hydrogens is 314 g/mol. The van der Waals surface area contributed by atoms with Crippen LogP contribution in [0.1, 0.15) is 47.6 Å². The Morgan fingerprint density at radius 1 is 1.20 bits per heavy atom. The van der Waals surface area contributed by atoms with Gasteiger partial charge in [0.25, 0.3) is 5.91 Å². The smallest absolute Gasteiger partial charge is 0.270 e. The molecule has 3 rings (SSSR count). The molecule has 1 amide bonds. The SMILES string of the molecule is CC(C)c1cc(C(=O)N[C@H](Cn2cccn2)c2ccccc2)n(C)n1. The molecule has 0 radical (unpaired) electrons. The van der Waals surface area contributed by atoms with E-state index in [-0.39, 0.29) is 17.9 Å². The molecule has 2 heterocycles. The van der Waals surface area contributed by atoms with Crippen LogP contribution in [0.25, 0.3) is 0 Å². The number of carbonyl (C=O) groups excluding carboxylic acids is 1. The van der Waals surface area contributed by atoms with Crippen LogP contribution in [0.3, 0.4) is 0 Å². The van der Waals surface area contributed by atoms with Crippen LogP contribution in [0.4, 0.5) is 0 Å². The molecule has 2 aromatic heterocycles. The largest absolute Gasteiger partial charge is 0.342 e. The first-order chi connectivity index (χ1) is 12.0. The predicted molar refractivity (Wildman–Crippen MR) is 96.2 cm³/mol. The standard InChI is InChI=1S/C19H23N5O/c1-14(2)16-12-18(23(3)22-16)19(25)21-17(13-24-11-7-10-20-24)15-8-5-4-6-9-15/h4-12,14,17H,13H2,1-3H3,(H,21,25)/t17-/m1/s1.